The second-order valence-corrected chi connectivity index (χ2v) is 9.11. The number of nitrogens with two attached hydrogens (primary N) is 2. The van der Waals surface area contributed by atoms with Gasteiger partial charge in [-0.15, -0.1) is 0 Å². The SMILES string of the molecule is NS(=O)Oc1cc2c3c(cc(S(N)(=O)=O)cc3c1)-c1nc3ccc(C(=O)O)cc3nc1-2. The van der Waals surface area contributed by atoms with Crippen molar-refractivity contribution < 1.29 is 26.7 Å². The molecule has 0 fully saturated rings. The van der Waals surface area contributed by atoms with E-state index in [9.17, 15) is 22.5 Å². The highest BCUT2D eigenvalue weighted by Crippen LogP contribution is 2.48. The van der Waals surface area contributed by atoms with Crippen LogP contribution in [0.25, 0.3) is 44.3 Å². The van der Waals surface area contributed by atoms with Crippen LogP contribution in [-0.4, -0.2) is 33.7 Å². The number of nitrogens with zero attached hydrogens (tertiary/aromatic N) is 2. The van der Waals surface area contributed by atoms with Gasteiger partial charge in [0.25, 0.3) is 11.3 Å². The van der Waals surface area contributed by atoms with E-state index in [1.807, 2.05) is 0 Å². The molecule has 31 heavy (non-hydrogen) atoms. The molecule has 156 valence electrons. The average Bonchev–Trinajstić information content (AvgIpc) is 2.98. The Labute approximate surface area is 177 Å². The molecule has 10 nitrogen and oxygen atoms in total. The van der Waals surface area contributed by atoms with Crippen molar-refractivity contribution in [3.63, 3.8) is 0 Å². The van der Waals surface area contributed by atoms with Gasteiger partial charge >= 0.3 is 5.97 Å². The zero-order valence-electron chi connectivity index (χ0n) is 15.4. The first-order chi connectivity index (χ1) is 14.6. The lowest BCUT2D eigenvalue weighted by molar-refractivity contribution is 0.0697. The van der Waals surface area contributed by atoms with Crippen LogP contribution in [-0.2, 0) is 21.3 Å². The number of sulfonamides is 1. The molecular weight excluding hydrogens is 444 g/mol. The topological polar surface area (TPSA) is 176 Å². The number of carboxylic acids is 1. The minimum absolute atomic E-state index is 0.0505. The van der Waals surface area contributed by atoms with Crippen LogP contribution in [0.3, 0.4) is 0 Å². The lowest BCUT2D eigenvalue weighted by Crippen LogP contribution is -2.12. The fourth-order valence-electron chi connectivity index (χ4n) is 3.70. The van der Waals surface area contributed by atoms with E-state index < -0.39 is 27.3 Å². The summed E-state index contributed by atoms with van der Waals surface area (Å²) in [6.07, 6.45) is 0. The van der Waals surface area contributed by atoms with E-state index >= 15 is 0 Å². The minimum Gasteiger partial charge on any atom is -0.478 e. The molecule has 5 N–H and O–H groups in total. The number of aromatic nitrogens is 2. The van der Waals surface area contributed by atoms with E-state index in [2.05, 4.69) is 9.97 Å². The van der Waals surface area contributed by atoms with Crippen LogP contribution in [0.5, 0.6) is 5.75 Å². The van der Waals surface area contributed by atoms with Gasteiger partial charge in [0.15, 0.2) is 0 Å². The number of aromatic carboxylic acids is 1. The Morgan fingerprint density at radius 1 is 1.00 bits per heavy atom. The summed E-state index contributed by atoms with van der Waals surface area (Å²) < 4.78 is 40.6. The third kappa shape index (κ3) is 3.13. The van der Waals surface area contributed by atoms with Crippen molar-refractivity contribution in [1.82, 2.24) is 9.97 Å². The standard InChI is InChI=1S/C19H12N4O6S2/c20-30(26)29-10-3-9-4-11(31(21,27)28)7-13-16(9)12(6-10)17-18(13)22-14-2-1-8(19(24)25)5-15(14)23-17/h1-7H,20H2,(H,24,25)(H2,21,27,28). The largest absolute Gasteiger partial charge is 0.478 e. The van der Waals surface area contributed by atoms with E-state index in [0.717, 1.165) is 0 Å². The second kappa shape index (κ2) is 6.52. The van der Waals surface area contributed by atoms with Crippen molar-refractivity contribution in [3.05, 3.63) is 48.0 Å². The fraction of sp³-hybridized carbons (Fsp3) is 0. The Hall–Kier alpha value is -3.45. The minimum atomic E-state index is -4.04. The van der Waals surface area contributed by atoms with Crippen LogP contribution in [0, 0.1) is 0 Å². The monoisotopic (exact) mass is 456 g/mol. The maximum atomic E-state index is 12.0. The van der Waals surface area contributed by atoms with Gasteiger partial charge in [0, 0.05) is 16.5 Å². The van der Waals surface area contributed by atoms with Gasteiger partial charge in [-0.25, -0.2) is 33.5 Å². The Morgan fingerprint density at radius 3 is 2.32 bits per heavy atom. The smallest absolute Gasteiger partial charge is 0.335 e. The Bertz CT molecular complexity index is 1600. The normalized spacial score (nSPS) is 13.4. The van der Waals surface area contributed by atoms with E-state index in [1.54, 1.807) is 6.07 Å². The number of hydrogen-bond acceptors (Lipinski definition) is 7. The summed E-state index contributed by atoms with van der Waals surface area (Å²) in [5.74, 6) is -0.969. The second-order valence-electron chi connectivity index (χ2n) is 6.86. The van der Waals surface area contributed by atoms with Crippen LogP contribution in [0.15, 0.2) is 47.4 Å². The molecule has 4 aromatic rings. The molecule has 1 aliphatic carbocycles. The summed E-state index contributed by atoms with van der Waals surface area (Å²) in [6.45, 7) is 0. The Balaban J connectivity index is 1.88. The Kier molecular flexibility index (Phi) is 4.10. The fourth-order valence-corrected chi connectivity index (χ4v) is 4.56. The maximum absolute atomic E-state index is 12.0. The van der Waals surface area contributed by atoms with Gasteiger partial charge < -0.3 is 9.29 Å². The molecule has 0 radical (unpaired) electrons. The lowest BCUT2D eigenvalue weighted by Gasteiger charge is -2.08. The van der Waals surface area contributed by atoms with Crippen LogP contribution in [0.2, 0.25) is 0 Å². The van der Waals surface area contributed by atoms with Crippen molar-refractivity contribution in [3.8, 4) is 28.3 Å². The van der Waals surface area contributed by atoms with E-state index in [-0.39, 0.29) is 16.2 Å². The first-order valence-electron chi connectivity index (χ1n) is 8.67. The van der Waals surface area contributed by atoms with Crippen LogP contribution in [0.4, 0.5) is 0 Å². The van der Waals surface area contributed by atoms with Gasteiger partial charge in [0.2, 0.25) is 10.0 Å². The van der Waals surface area contributed by atoms with Crippen molar-refractivity contribution in [2.75, 3.05) is 0 Å². The number of rotatable bonds is 4. The van der Waals surface area contributed by atoms with E-state index in [1.165, 1.54) is 36.4 Å². The van der Waals surface area contributed by atoms with E-state index in [4.69, 9.17) is 14.5 Å². The molecule has 0 amide bonds. The van der Waals surface area contributed by atoms with Crippen LogP contribution >= 0.6 is 0 Å². The number of carbonyl (C=O) groups is 1. The van der Waals surface area contributed by atoms with Gasteiger partial charge in [-0.05, 0) is 47.9 Å². The van der Waals surface area contributed by atoms with Gasteiger partial charge in [0.05, 0.1) is 32.9 Å². The molecule has 0 spiro atoms. The summed E-state index contributed by atoms with van der Waals surface area (Å²) in [5, 5.41) is 20.9. The maximum Gasteiger partial charge on any atom is 0.335 e. The molecule has 3 aromatic carbocycles. The average molecular weight is 456 g/mol. The highest BCUT2D eigenvalue weighted by Gasteiger charge is 2.28. The third-order valence-electron chi connectivity index (χ3n) is 4.92. The summed E-state index contributed by atoms with van der Waals surface area (Å²) in [4.78, 5) is 20.4. The number of carboxylic acid groups (broad SMARTS) is 1. The molecule has 1 unspecified atom stereocenters. The predicted octanol–water partition coefficient (Wildman–Crippen LogP) is 1.69. The number of hydrogen-bond donors (Lipinski definition) is 3. The van der Waals surface area contributed by atoms with Crippen LogP contribution in [0.1, 0.15) is 10.4 Å². The van der Waals surface area contributed by atoms with Crippen molar-refractivity contribution in [1.29, 1.82) is 0 Å². The summed E-state index contributed by atoms with van der Waals surface area (Å²) in [6, 6.07) is 10.2. The number of primary sulfonamides is 1. The number of fused-ring (bicyclic) bond motifs is 4. The van der Waals surface area contributed by atoms with Crippen LogP contribution < -0.4 is 14.5 Å². The molecular formula is C19H12N4O6S2. The molecule has 12 heteroatoms. The molecule has 5 rings (SSSR count). The van der Waals surface area contributed by atoms with Gasteiger partial charge in [-0.2, -0.15) is 4.21 Å². The molecule has 0 bridgehead atoms. The van der Waals surface area contributed by atoms with Gasteiger partial charge in [-0.3, -0.25) is 0 Å². The molecule has 1 aliphatic rings. The highest BCUT2D eigenvalue weighted by atomic mass is 32.2. The summed E-state index contributed by atoms with van der Waals surface area (Å²) in [5.41, 5.74) is 2.70. The predicted molar refractivity (Wildman–Crippen MR) is 113 cm³/mol. The summed E-state index contributed by atoms with van der Waals surface area (Å²) >= 11 is -2.11. The van der Waals surface area contributed by atoms with Gasteiger partial charge in [-0.1, -0.05) is 0 Å². The van der Waals surface area contributed by atoms with E-state index in [0.29, 0.717) is 44.3 Å². The third-order valence-corrected chi connectivity index (χ3v) is 6.17. The summed E-state index contributed by atoms with van der Waals surface area (Å²) in [7, 11) is -4.04. The van der Waals surface area contributed by atoms with Crippen molar-refractivity contribution >= 4 is 49.1 Å². The molecule has 1 heterocycles. The molecule has 0 aliphatic heterocycles. The first-order valence-corrected chi connectivity index (χ1v) is 11.4. The quantitative estimate of drug-likeness (QED) is 0.366. The molecule has 1 aromatic heterocycles. The highest BCUT2D eigenvalue weighted by molar-refractivity contribution is 7.89. The molecule has 0 saturated carbocycles. The Morgan fingerprint density at radius 2 is 1.68 bits per heavy atom. The lowest BCUT2D eigenvalue weighted by atomic mass is 10.0. The number of benzene rings is 3. The zero-order chi connectivity index (χ0) is 22.1. The molecule has 1 atom stereocenters. The zero-order valence-corrected chi connectivity index (χ0v) is 17.0. The van der Waals surface area contributed by atoms with Crippen molar-refractivity contribution in [2.45, 2.75) is 4.90 Å². The van der Waals surface area contributed by atoms with Gasteiger partial charge in [0.1, 0.15) is 5.75 Å². The van der Waals surface area contributed by atoms with Crippen molar-refractivity contribution in [2.24, 2.45) is 10.3 Å². The first kappa shape index (κ1) is 19.5. The molecule has 0 saturated heterocycles.